The lowest BCUT2D eigenvalue weighted by Gasteiger charge is -2.19. The van der Waals surface area contributed by atoms with Gasteiger partial charge in [0.05, 0.1) is 20.0 Å². The molecule has 3 aromatic heterocycles. The monoisotopic (exact) mass is 532 g/mol. The van der Waals surface area contributed by atoms with Gasteiger partial charge < -0.3 is 5.32 Å². The molecule has 186 valence electrons. The number of nitro groups is 1. The van der Waals surface area contributed by atoms with Crippen molar-refractivity contribution in [3.05, 3.63) is 92.4 Å². The first kappa shape index (κ1) is 24.7. The third-order valence-electron chi connectivity index (χ3n) is 5.81. The van der Waals surface area contributed by atoms with Gasteiger partial charge >= 0.3 is 5.00 Å². The Hall–Kier alpha value is -4.02. The number of hydrogen-bond donors (Lipinski definition) is 1. The topological polar surface area (TPSA) is 98.0 Å². The second-order valence-corrected chi connectivity index (χ2v) is 11.3. The third-order valence-corrected chi connectivity index (χ3v) is 7.82. The Kier molecular flexibility index (Phi) is 6.30. The molecule has 7 nitrogen and oxygen atoms in total. The van der Waals surface area contributed by atoms with Crippen molar-refractivity contribution in [1.29, 1.82) is 0 Å². The molecule has 0 atom stereocenters. The quantitative estimate of drug-likeness (QED) is 0.185. The summed E-state index contributed by atoms with van der Waals surface area (Å²) in [6.45, 7) is 6.46. The maximum Gasteiger partial charge on any atom is 0.324 e. The first-order chi connectivity index (χ1) is 17.6. The first-order valence-corrected chi connectivity index (χ1v) is 13.0. The van der Waals surface area contributed by atoms with Gasteiger partial charge in [0.25, 0.3) is 5.91 Å². The molecule has 0 bridgehead atoms. The van der Waals surface area contributed by atoms with Crippen molar-refractivity contribution in [2.24, 2.45) is 0 Å². The average molecular weight is 533 g/mol. The van der Waals surface area contributed by atoms with Gasteiger partial charge in [0.1, 0.15) is 5.82 Å². The van der Waals surface area contributed by atoms with Crippen LogP contribution in [-0.2, 0) is 5.41 Å². The molecule has 0 aliphatic carbocycles. The smallest absolute Gasteiger partial charge is 0.305 e. The van der Waals surface area contributed by atoms with Crippen LogP contribution >= 0.6 is 22.7 Å². The number of carbonyl (C=O) groups excluding carboxylic acids is 1. The second kappa shape index (κ2) is 9.45. The van der Waals surface area contributed by atoms with Gasteiger partial charge in [-0.1, -0.05) is 56.4 Å². The summed E-state index contributed by atoms with van der Waals surface area (Å²) in [5, 5.41) is 15.7. The molecule has 0 fully saturated rings. The van der Waals surface area contributed by atoms with Crippen LogP contribution in [0, 0.1) is 15.9 Å². The van der Waals surface area contributed by atoms with E-state index in [4.69, 9.17) is 4.98 Å². The van der Waals surface area contributed by atoms with Crippen LogP contribution in [0.3, 0.4) is 0 Å². The zero-order chi connectivity index (χ0) is 26.3. The minimum absolute atomic E-state index is 0.0154. The molecule has 0 saturated heterocycles. The van der Waals surface area contributed by atoms with Crippen LogP contribution < -0.4 is 5.32 Å². The maximum absolute atomic E-state index is 13.6. The highest BCUT2D eigenvalue weighted by Crippen LogP contribution is 2.38. The Balaban J connectivity index is 1.61. The number of fused-ring (bicyclic) bond motifs is 1. The van der Waals surface area contributed by atoms with Crippen LogP contribution in [0.5, 0.6) is 0 Å². The lowest BCUT2D eigenvalue weighted by molar-refractivity contribution is -0.380. The summed E-state index contributed by atoms with van der Waals surface area (Å²) in [6.07, 6.45) is 0. The molecule has 1 amide bonds. The molecular formula is C27H21FN4O3S2. The lowest BCUT2D eigenvalue weighted by Crippen LogP contribution is -2.12. The maximum atomic E-state index is 13.6. The zero-order valence-electron chi connectivity index (χ0n) is 20.1. The summed E-state index contributed by atoms with van der Waals surface area (Å²) in [4.78, 5) is 33.0. The number of benzene rings is 2. The molecule has 5 rings (SSSR count). The number of nitrogens with zero attached hydrogens (tertiary/aromatic N) is 3. The number of hydrogen-bond acceptors (Lipinski definition) is 7. The number of amides is 1. The zero-order valence-corrected chi connectivity index (χ0v) is 21.7. The lowest BCUT2D eigenvalue weighted by atomic mass is 9.86. The Bertz CT molecular complexity index is 1640. The van der Waals surface area contributed by atoms with Crippen molar-refractivity contribution in [2.45, 2.75) is 26.2 Å². The van der Waals surface area contributed by atoms with Gasteiger partial charge in [0.2, 0.25) is 0 Å². The number of anilines is 1. The third kappa shape index (κ3) is 4.98. The van der Waals surface area contributed by atoms with E-state index in [2.05, 4.69) is 43.2 Å². The number of nitrogens with one attached hydrogen (secondary N) is 1. The number of carbonyl (C=O) groups is 1. The van der Waals surface area contributed by atoms with Crippen LogP contribution in [0.4, 0.5) is 15.2 Å². The van der Waals surface area contributed by atoms with Gasteiger partial charge in [-0.25, -0.2) is 14.4 Å². The average Bonchev–Trinajstić information content (AvgIpc) is 3.52. The van der Waals surface area contributed by atoms with Crippen molar-refractivity contribution in [1.82, 2.24) is 9.97 Å². The van der Waals surface area contributed by atoms with Crippen molar-refractivity contribution < 1.29 is 14.1 Å². The summed E-state index contributed by atoms with van der Waals surface area (Å²) in [7, 11) is 0. The molecule has 0 unspecified atom stereocenters. The summed E-state index contributed by atoms with van der Waals surface area (Å²) < 4.78 is 14.2. The molecule has 0 saturated carbocycles. The molecule has 3 heterocycles. The fourth-order valence-corrected chi connectivity index (χ4v) is 5.48. The number of rotatable bonds is 5. The van der Waals surface area contributed by atoms with E-state index in [-0.39, 0.29) is 26.9 Å². The molecular weight excluding hydrogens is 511 g/mol. The minimum Gasteiger partial charge on any atom is -0.305 e. The van der Waals surface area contributed by atoms with Gasteiger partial charge in [0.15, 0.2) is 11.6 Å². The highest BCUT2D eigenvalue weighted by atomic mass is 32.1. The number of thiophene rings is 2. The van der Waals surface area contributed by atoms with Crippen molar-refractivity contribution in [3.8, 4) is 22.5 Å². The van der Waals surface area contributed by atoms with Gasteiger partial charge in [-0.15, -0.1) is 11.3 Å². The number of halogens is 1. The van der Waals surface area contributed by atoms with E-state index < -0.39 is 10.8 Å². The van der Waals surface area contributed by atoms with Crippen LogP contribution in [0.1, 0.15) is 36.0 Å². The molecule has 1 N–H and O–H groups in total. The molecule has 10 heteroatoms. The largest absolute Gasteiger partial charge is 0.324 e. The van der Waals surface area contributed by atoms with Crippen molar-refractivity contribution in [3.63, 3.8) is 0 Å². The summed E-state index contributed by atoms with van der Waals surface area (Å²) in [6, 6.07) is 16.8. The van der Waals surface area contributed by atoms with E-state index in [0.29, 0.717) is 21.6 Å². The Morgan fingerprint density at radius 2 is 1.65 bits per heavy atom. The molecule has 0 radical (unpaired) electrons. The second-order valence-electron chi connectivity index (χ2n) is 9.41. The minimum atomic E-state index is -0.534. The molecule has 0 aliphatic heterocycles. The Morgan fingerprint density at radius 3 is 2.27 bits per heavy atom. The normalized spacial score (nSPS) is 11.6. The SMILES string of the molecule is CC(C)(C)c1ccc(-c2csc3c(NC(=O)c4ccc([N+](=O)[O-])s4)nc(-c4ccc(F)cc4)nc23)cc1. The number of aromatic nitrogens is 2. The van der Waals surface area contributed by atoms with E-state index in [9.17, 15) is 19.3 Å². The van der Waals surface area contributed by atoms with E-state index in [1.54, 1.807) is 12.1 Å². The van der Waals surface area contributed by atoms with Crippen LogP contribution in [0.25, 0.3) is 32.7 Å². The van der Waals surface area contributed by atoms with E-state index in [1.165, 1.54) is 41.2 Å². The molecule has 0 spiro atoms. The van der Waals surface area contributed by atoms with Gasteiger partial charge in [-0.2, -0.15) is 0 Å². The van der Waals surface area contributed by atoms with Crippen LogP contribution in [-0.4, -0.2) is 20.8 Å². The fraction of sp³-hybridized carbons (Fsp3) is 0.148. The predicted molar refractivity (Wildman–Crippen MR) is 146 cm³/mol. The van der Waals surface area contributed by atoms with Gasteiger partial charge in [-0.3, -0.25) is 14.9 Å². The Morgan fingerprint density at radius 1 is 0.973 bits per heavy atom. The standard InChI is InChI=1S/C27H21FN4O3S2/c1-27(2,3)17-8-4-15(5-9-17)19-14-36-23-22(19)29-24(16-6-10-18(28)11-7-16)30-25(23)31-26(33)20-12-13-21(37-20)32(34)35/h4-14H,1-3H3,(H,29,30,31,33). The van der Waals surface area contributed by atoms with Gasteiger partial charge in [-0.05, 0) is 46.9 Å². The van der Waals surface area contributed by atoms with Crippen LogP contribution in [0.2, 0.25) is 0 Å². The summed E-state index contributed by atoms with van der Waals surface area (Å²) in [5.41, 5.74) is 4.31. The van der Waals surface area contributed by atoms with Gasteiger partial charge in [0, 0.05) is 22.6 Å². The molecule has 37 heavy (non-hydrogen) atoms. The van der Waals surface area contributed by atoms with E-state index >= 15 is 0 Å². The highest BCUT2D eigenvalue weighted by Gasteiger charge is 2.21. The molecule has 5 aromatic rings. The molecule has 0 aliphatic rings. The summed E-state index contributed by atoms with van der Waals surface area (Å²) in [5.74, 6) is -0.278. The first-order valence-electron chi connectivity index (χ1n) is 11.3. The Labute approximate surface area is 219 Å². The fourth-order valence-electron chi connectivity index (χ4n) is 3.80. The highest BCUT2D eigenvalue weighted by molar-refractivity contribution is 7.18. The van der Waals surface area contributed by atoms with Crippen molar-refractivity contribution in [2.75, 3.05) is 5.32 Å². The summed E-state index contributed by atoms with van der Waals surface area (Å²) >= 11 is 2.18. The van der Waals surface area contributed by atoms with E-state index in [1.807, 2.05) is 17.5 Å². The van der Waals surface area contributed by atoms with Crippen LogP contribution in [0.15, 0.2) is 66.0 Å². The van der Waals surface area contributed by atoms with E-state index in [0.717, 1.165) is 22.5 Å². The molecule has 2 aromatic carbocycles. The predicted octanol–water partition coefficient (Wildman–Crippen LogP) is 7.68. The van der Waals surface area contributed by atoms with Crippen molar-refractivity contribution >= 4 is 49.6 Å².